The van der Waals surface area contributed by atoms with Crippen LogP contribution in [0.4, 0.5) is 0 Å². The largest absolute Gasteiger partial charge is 0.507 e. The van der Waals surface area contributed by atoms with Gasteiger partial charge in [-0.1, -0.05) is 12.1 Å². The smallest absolute Gasteiger partial charge is 0.295 e. The molecule has 0 unspecified atom stereocenters. The molecule has 1 heterocycles. The minimum Gasteiger partial charge on any atom is -0.507 e. The van der Waals surface area contributed by atoms with Crippen LogP contribution in [-0.4, -0.2) is 56.2 Å². The van der Waals surface area contributed by atoms with E-state index in [1.807, 2.05) is 0 Å². The van der Waals surface area contributed by atoms with Gasteiger partial charge in [-0.05, 0) is 48.4 Å². The molecule has 1 amide bonds. The summed E-state index contributed by atoms with van der Waals surface area (Å²) < 4.78 is 15.4. The highest BCUT2D eigenvalue weighted by molar-refractivity contribution is 6.46. The van der Waals surface area contributed by atoms with Crippen molar-refractivity contribution in [3.8, 4) is 11.5 Å². The molecule has 2 aromatic carbocycles. The predicted molar refractivity (Wildman–Crippen MR) is 111 cm³/mol. The molecule has 0 saturated carbocycles. The molecule has 0 radical (unpaired) electrons. The molecule has 30 heavy (non-hydrogen) atoms. The van der Waals surface area contributed by atoms with E-state index in [4.69, 9.17) is 14.2 Å². The Bertz CT molecular complexity index is 933. The van der Waals surface area contributed by atoms with E-state index in [1.165, 1.54) is 4.90 Å². The Kier molecular flexibility index (Phi) is 6.74. The summed E-state index contributed by atoms with van der Waals surface area (Å²) in [5, 5.41) is 11.0. The third-order valence-corrected chi connectivity index (χ3v) is 5.08. The van der Waals surface area contributed by atoms with E-state index in [0.717, 1.165) is 0 Å². The van der Waals surface area contributed by atoms with Crippen molar-refractivity contribution in [2.75, 3.05) is 34.5 Å². The fourth-order valence-corrected chi connectivity index (χ4v) is 3.53. The van der Waals surface area contributed by atoms with E-state index in [2.05, 4.69) is 0 Å². The summed E-state index contributed by atoms with van der Waals surface area (Å²) in [4.78, 5) is 27.2. The van der Waals surface area contributed by atoms with Crippen molar-refractivity contribution < 1.29 is 28.9 Å². The maximum absolute atomic E-state index is 12.9. The Morgan fingerprint density at radius 3 is 2.03 bits per heavy atom. The lowest BCUT2D eigenvalue weighted by molar-refractivity contribution is -0.140. The quantitative estimate of drug-likeness (QED) is 0.311. The highest BCUT2D eigenvalue weighted by Crippen LogP contribution is 2.40. The second-order valence-electron chi connectivity index (χ2n) is 6.84. The standard InChI is InChI=1S/C23H25NO6/c1-28-14-4-13-24-20(15-5-9-17(29-2)10-6-15)19(22(26)23(24)27)21(25)16-7-11-18(30-3)12-8-16/h5-12,20,25H,4,13-14H2,1-3H3/t20-/m1/s1. The summed E-state index contributed by atoms with van der Waals surface area (Å²) in [5.74, 6) is -0.280. The first-order chi connectivity index (χ1) is 14.5. The van der Waals surface area contributed by atoms with Crippen LogP contribution in [0.15, 0.2) is 54.1 Å². The number of ether oxygens (including phenoxy) is 3. The number of Topliss-reactive ketones (excluding diaryl/α,β-unsaturated/α-hetero) is 1. The topological polar surface area (TPSA) is 85.3 Å². The van der Waals surface area contributed by atoms with Crippen molar-refractivity contribution in [1.29, 1.82) is 0 Å². The van der Waals surface area contributed by atoms with Crippen molar-refractivity contribution in [2.45, 2.75) is 12.5 Å². The lowest BCUT2D eigenvalue weighted by atomic mass is 9.95. The fourth-order valence-electron chi connectivity index (χ4n) is 3.53. The molecule has 7 heteroatoms. The summed E-state index contributed by atoms with van der Waals surface area (Å²) in [7, 11) is 4.69. The normalized spacial score (nSPS) is 18.0. The van der Waals surface area contributed by atoms with E-state index in [9.17, 15) is 14.7 Å². The Morgan fingerprint density at radius 1 is 0.933 bits per heavy atom. The maximum Gasteiger partial charge on any atom is 0.295 e. The van der Waals surface area contributed by atoms with Crippen LogP contribution >= 0.6 is 0 Å². The van der Waals surface area contributed by atoms with Crippen molar-refractivity contribution in [2.24, 2.45) is 0 Å². The molecular weight excluding hydrogens is 386 g/mol. The Morgan fingerprint density at radius 2 is 1.50 bits per heavy atom. The van der Waals surface area contributed by atoms with Gasteiger partial charge in [0.1, 0.15) is 17.3 Å². The highest BCUT2D eigenvalue weighted by Gasteiger charge is 2.45. The van der Waals surface area contributed by atoms with E-state index >= 15 is 0 Å². The van der Waals surface area contributed by atoms with Crippen LogP contribution in [0.1, 0.15) is 23.6 Å². The lowest BCUT2D eigenvalue weighted by Crippen LogP contribution is -2.31. The molecule has 1 aliphatic rings. The number of amides is 1. The zero-order valence-electron chi connectivity index (χ0n) is 17.3. The molecule has 1 atom stereocenters. The number of methoxy groups -OCH3 is 3. The number of nitrogens with zero attached hydrogens (tertiary/aromatic N) is 1. The monoisotopic (exact) mass is 411 g/mol. The number of rotatable bonds is 8. The third kappa shape index (κ3) is 4.16. The van der Waals surface area contributed by atoms with Gasteiger partial charge >= 0.3 is 0 Å². The van der Waals surface area contributed by atoms with Gasteiger partial charge in [0.25, 0.3) is 11.7 Å². The molecular formula is C23H25NO6. The van der Waals surface area contributed by atoms with Gasteiger partial charge in [0.15, 0.2) is 0 Å². The first kappa shape index (κ1) is 21.4. The molecule has 0 spiro atoms. The minimum absolute atomic E-state index is 0.0627. The molecule has 1 aliphatic heterocycles. The van der Waals surface area contributed by atoms with Gasteiger partial charge in [0.05, 0.1) is 25.8 Å². The van der Waals surface area contributed by atoms with Gasteiger partial charge in [-0.3, -0.25) is 9.59 Å². The summed E-state index contributed by atoms with van der Waals surface area (Å²) in [5.41, 5.74) is 1.21. The first-order valence-corrected chi connectivity index (χ1v) is 9.57. The molecule has 3 rings (SSSR count). The Hall–Kier alpha value is -3.32. The van der Waals surface area contributed by atoms with Gasteiger partial charge in [0.2, 0.25) is 0 Å². The van der Waals surface area contributed by atoms with E-state index in [-0.39, 0.29) is 11.3 Å². The van der Waals surface area contributed by atoms with E-state index in [0.29, 0.717) is 42.2 Å². The van der Waals surface area contributed by atoms with Gasteiger partial charge < -0.3 is 24.2 Å². The molecule has 7 nitrogen and oxygen atoms in total. The number of carbonyl (C=O) groups is 2. The van der Waals surface area contributed by atoms with Gasteiger partial charge in [-0.2, -0.15) is 0 Å². The van der Waals surface area contributed by atoms with Gasteiger partial charge in [-0.15, -0.1) is 0 Å². The zero-order valence-corrected chi connectivity index (χ0v) is 17.3. The predicted octanol–water partition coefficient (Wildman–Crippen LogP) is 3.16. The van der Waals surface area contributed by atoms with Crippen LogP contribution in [0.3, 0.4) is 0 Å². The molecule has 1 saturated heterocycles. The number of carbonyl (C=O) groups excluding carboxylic acids is 2. The van der Waals surface area contributed by atoms with Crippen LogP contribution in [0, 0.1) is 0 Å². The number of likely N-dealkylation sites (tertiary alicyclic amines) is 1. The molecule has 158 valence electrons. The Balaban J connectivity index is 2.08. The lowest BCUT2D eigenvalue weighted by Gasteiger charge is -2.25. The van der Waals surface area contributed by atoms with Crippen LogP contribution in [-0.2, 0) is 14.3 Å². The van der Waals surface area contributed by atoms with E-state index in [1.54, 1.807) is 69.9 Å². The minimum atomic E-state index is -0.707. The third-order valence-electron chi connectivity index (χ3n) is 5.08. The highest BCUT2D eigenvalue weighted by atomic mass is 16.5. The maximum atomic E-state index is 12.9. The summed E-state index contributed by atoms with van der Waals surface area (Å²) >= 11 is 0. The summed E-state index contributed by atoms with van der Waals surface area (Å²) in [6, 6.07) is 13.1. The number of aliphatic hydroxyl groups excluding tert-OH is 1. The average molecular weight is 411 g/mol. The van der Waals surface area contributed by atoms with Crippen molar-refractivity contribution >= 4 is 17.4 Å². The zero-order chi connectivity index (χ0) is 21.7. The number of hydrogen-bond donors (Lipinski definition) is 1. The number of benzene rings is 2. The van der Waals surface area contributed by atoms with Gasteiger partial charge in [-0.25, -0.2) is 0 Å². The number of aliphatic hydroxyl groups is 1. The molecule has 0 aromatic heterocycles. The van der Waals surface area contributed by atoms with Crippen LogP contribution < -0.4 is 9.47 Å². The van der Waals surface area contributed by atoms with Crippen LogP contribution in [0.5, 0.6) is 11.5 Å². The molecule has 0 bridgehead atoms. The van der Waals surface area contributed by atoms with E-state index < -0.39 is 17.7 Å². The molecule has 1 N–H and O–H groups in total. The average Bonchev–Trinajstić information content (AvgIpc) is 3.04. The number of hydrogen-bond acceptors (Lipinski definition) is 6. The van der Waals surface area contributed by atoms with Crippen molar-refractivity contribution in [3.05, 3.63) is 65.2 Å². The summed E-state index contributed by atoms with van der Waals surface area (Å²) in [6.07, 6.45) is 0.568. The van der Waals surface area contributed by atoms with Crippen LogP contribution in [0.2, 0.25) is 0 Å². The molecule has 1 fully saturated rings. The molecule has 0 aliphatic carbocycles. The van der Waals surface area contributed by atoms with Crippen molar-refractivity contribution in [3.63, 3.8) is 0 Å². The summed E-state index contributed by atoms with van der Waals surface area (Å²) in [6.45, 7) is 0.783. The Labute approximate surface area is 175 Å². The SMILES string of the molecule is COCCCN1C(=O)C(=O)C(=C(O)c2ccc(OC)cc2)[C@H]1c1ccc(OC)cc1. The fraction of sp³-hybridized carbons (Fsp3) is 0.304. The second-order valence-corrected chi connectivity index (χ2v) is 6.84. The second kappa shape index (κ2) is 9.45. The van der Waals surface area contributed by atoms with Crippen molar-refractivity contribution in [1.82, 2.24) is 4.90 Å². The first-order valence-electron chi connectivity index (χ1n) is 9.57. The number of ketones is 1. The van der Waals surface area contributed by atoms with Gasteiger partial charge in [0, 0.05) is 25.8 Å². The van der Waals surface area contributed by atoms with Crippen LogP contribution in [0.25, 0.3) is 5.76 Å². The molecule has 2 aromatic rings.